The number of rotatable bonds is 10. The fourth-order valence-corrected chi connectivity index (χ4v) is 5.44. The summed E-state index contributed by atoms with van der Waals surface area (Å²) in [6.07, 6.45) is 1.66. The summed E-state index contributed by atoms with van der Waals surface area (Å²) in [5.74, 6) is -0.688. The topological polar surface area (TPSA) is 87.3 Å². The second-order valence-corrected chi connectivity index (χ2v) is 11.6. The van der Waals surface area contributed by atoms with E-state index in [1.807, 2.05) is 98.8 Å². The maximum Gasteiger partial charge on any atom is 0.272 e. The van der Waals surface area contributed by atoms with Crippen LogP contribution in [0, 0.1) is 13.8 Å². The fraction of sp³-hybridized carbons (Fsp3) is 0.0789. The molecule has 5 rings (SSSR count). The number of hydrogen-bond acceptors (Lipinski definition) is 4. The Balaban J connectivity index is 1.26. The van der Waals surface area contributed by atoms with Crippen molar-refractivity contribution >= 4 is 46.9 Å². The van der Waals surface area contributed by atoms with Crippen molar-refractivity contribution in [3.63, 3.8) is 0 Å². The minimum absolute atomic E-state index is 0.0943. The number of nitrogens with one attached hydrogen (secondary N) is 3. The summed E-state index contributed by atoms with van der Waals surface area (Å²) in [4.78, 5) is 39.8. The van der Waals surface area contributed by atoms with Gasteiger partial charge in [0.2, 0.25) is 5.91 Å². The number of benzene rings is 5. The Labute approximate surface area is 267 Å². The average molecular weight is 612 g/mol. The maximum atomic E-state index is 13.4. The molecule has 0 aromatic heterocycles. The smallest absolute Gasteiger partial charge is 0.272 e. The highest BCUT2D eigenvalue weighted by molar-refractivity contribution is 8.00. The molecule has 0 aliphatic rings. The number of anilines is 2. The van der Waals surface area contributed by atoms with Crippen LogP contribution in [-0.2, 0) is 9.59 Å². The molecule has 5 aromatic carbocycles. The third-order valence-corrected chi connectivity index (χ3v) is 7.86. The van der Waals surface area contributed by atoms with Crippen molar-refractivity contribution in [3.8, 4) is 11.1 Å². The first-order valence-electron chi connectivity index (χ1n) is 14.5. The van der Waals surface area contributed by atoms with Gasteiger partial charge in [0.05, 0.1) is 5.75 Å². The van der Waals surface area contributed by atoms with Gasteiger partial charge in [0.1, 0.15) is 5.70 Å². The largest absolute Gasteiger partial charge is 0.325 e. The molecule has 0 radical (unpaired) electrons. The number of aryl methyl sites for hydroxylation is 2. The molecule has 45 heavy (non-hydrogen) atoms. The van der Waals surface area contributed by atoms with Crippen LogP contribution < -0.4 is 16.0 Å². The summed E-state index contributed by atoms with van der Waals surface area (Å²) in [6.45, 7) is 3.99. The van der Waals surface area contributed by atoms with Crippen molar-refractivity contribution in [2.45, 2.75) is 18.7 Å². The highest BCUT2D eigenvalue weighted by Gasteiger charge is 2.15. The van der Waals surface area contributed by atoms with E-state index in [4.69, 9.17) is 0 Å². The molecule has 0 heterocycles. The Morgan fingerprint density at radius 1 is 0.644 bits per heavy atom. The molecule has 5 aromatic rings. The summed E-state index contributed by atoms with van der Waals surface area (Å²) in [6, 6.07) is 39.7. The lowest BCUT2D eigenvalue weighted by Gasteiger charge is -2.12. The predicted molar refractivity (Wildman–Crippen MR) is 184 cm³/mol. The van der Waals surface area contributed by atoms with Gasteiger partial charge in [0.25, 0.3) is 11.8 Å². The lowest BCUT2D eigenvalue weighted by molar-refractivity contribution is -0.114. The zero-order valence-corrected chi connectivity index (χ0v) is 25.9. The molecule has 0 unspecified atom stereocenters. The third-order valence-electron chi connectivity index (χ3n) is 6.85. The lowest BCUT2D eigenvalue weighted by Crippen LogP contribution is -2.30. The van der Waals surface area contributed by atoms with Gasteiger partial charge in [-0.3, -0.25) is 14.4 Å². The van der Waals surface area contributed by atoms with Crippen LogP contribution in [-0.4, -0.2) is 23.5 Å². The standard InChI is InChI=1S/C38H33N3O3S/c1-26-21-27(2)23-33(22-26)39-36(42)25-45-34-19-17-32(18-20-34)40-38(44)35(41-37(43)31-11-7-4-8-12-31)24-28-13-15-30(16-14-28)29-9-5-3-6-10-29/h3-24H,25H2,1-2H3,(H,39,42)(H,40,44)(H,41,43)/b35-24-. The number of carbonyl (C=O) groups is 3. The van der Waals surface area contributed by atoms with E-state index in [0.29, 0.717) is 11.3 Å². The normalized spacial score (nSPS) is 11.0. The molecule has 7 heteroatoms. The zero-order chi connectivity index (χ0) is 31.6. The van der Waals surface area contributed by atoms with Crippen LogP contribution in [0.15, 0.2) is 138 Å². The van der Waals surface area contributed by atoms with Crippen LogP contribution in [0.3, 0.4) is 0 Å². The third kappa shape index (κ3) is 9.05. The van der Waals surface area contributed by atoms with Gasteiger partial charge in [0.15, 0.2) is 0 Å². The molecule has 3 amide bonds. The second-order valence-electron chi connectivity index (χ2n) is 10.6. The molecule has 0 saturated carbocycles. The van der Waals surface area contributed by atoms with Crippen LogP contribution in [0.2, 0.25) is 0 Å². The van der Waals surface area contributed by atoms with Gasteiger partial charge in [-0.2, -0.15) is 0 Å². The van der Waals surface area contributed by atoms with Crippen LogP contribution >= 0.6 is 11.8 Å². The average Bonchev–Trinajstić information content (AvgIpc) is 3.05. The van der Waals surface area contributed by atoms with Crippen LogP contribution in [0.4, 0.5) is 11.4 Å². The molecule has 0 saturated heterocycles. The van der Waals surface area contributed by atoms with Gasteiger partial charge in [0, 0.05) is 21.8 Å². The summed E-state index contributed by atoms with van der Waals surface area (Å²) < 4.78 is 0. The van der Waals surface area contributed by atoms with Crippen molar-refractivity contribution in [2.24, 2.45) is 0 Å². The van der Waals surface area contributed by atoms with Crippen molar-refractivity contribution in [1.29, 1.82) is 0 Å². The molecular formula is C38H33N3O3S. The lowest BCUT2D eigenvalue weighted by atomic mass is 10.0. The molecule has 3 N–H and O–H groups in total. The second kappa shape index (κ2) is 14.9. The first kappa shape index (κ1) is 31.0. The van der Waals surface area contributed by atoms with Gasteiger partial charge < -0.3 is 16.0 Å². The summed E-state index contributed by atoms with van der Waals surface area (Å²) in [5.41, 5.74) is 6.98. The number of amides is 3. The van der Waals surface area contributed by atoms with E-state index >= 15 is 0 Å². The van der Waals surface area contributed by atoms with Crippen molar-refractivity contribution in [1.82, 2.24) is 5.32 Å². The van der Waals surface area contributed by atoms with E-state index in [2.05, 4.69) is 22.0 Å². The number of hydrogen-bond donors (Lipinski definition) is 3. The van der Waals surface area contributed by atoms with Gasteiger partial charge in [-0.15, -0.1) is 11.8 Å². The summed E-state index contributed by atoms with van der Waals surface area (Å²) in [7, 11) is 0. The van der Waals surface area contributed by atoms with E-state index in [1.54, 1.807) is 42.5 Å². The molecule has 0 bridgehead atoms. The maximum absolute atomic E-state index is 13.4. The minimum Gasteiger partial charge on any atom is -0.325 e. The highest BCUT2D eigenvalue weighted by Crippen LogP contribution is 2.23. The summed E-state index contributed by atoms with van der Waals surface area (Å²) >= 11 is 1.40. The van der Waals surface area contributed by atoms with Crippen molar-refractivity contribution < 1.29 is 14.4 Å². The van der Waals surface area contributed by atoms with E-state index in [0.717, 1.165) is 38.4 Å². The summed E-state index contributed by atoms with van der Waals surface area (Å²) in [5, 5.41) is 8.61. The molecule has 0 aliphatic carbocycles. The zero-order valence-electron chi connectivity index (χ0n) is 25.0. The molecule has 6 nitrogen and oxygen atoms in total. The van der Waals surface area contributed by atoms with Crippen LogP contribution in [0.5, 0.6) is 0 Å². The molecule has 0 fully saturated rings. The quantitative estimate of drug-likeness (QED) is 0.110. The Hall–Kier alpha value is -5.40. The van der Waals surface area contributed by atoms with E-state index < -0.39 is 5.91 Å². The molecule has 0 atom stereocenters. The first-order chi connectivity index (χ1) is 21.8. The molecular weight excluding hydrogens is 579 g/mol. The van der Waals surface area contributed by atoms with Crippen LogP contribution in [0.1, 0.15) is 27.0 Å². The SMILES string of the molecule is Cc1cc(C)cc(NC(=O)CSc2ccc(NC(=O)/C(=C/c3ccc(-c4ccccc4)cc3)NC(=O)c3ccccc3)cc2)c1. The van der Waals surface area contributed by atoms with E-state index in [9.17, 15) is 14.4 Å². The fourth-order valence-electron chi connectivity index (χ4n) is 4.74. The highest BCUT2D eigenvalue weighted by atomic mass is 32.2. The Kier molecular flexibility index (Phi) is 10.2. The first-order valence-corrected chi connectivity index (χ1v) is 15.5. The van der Waals surface area contributed by atoms with E-state index in [1.165, 1.54) is 11.8 Å². The predicted octanol–water partition coefficient (Wildman–Crippen LogP) is 8.11. The van der Waals surface area contributed by atoms with Crippen molar-refractivity contribution in [2.75, 3.05) is 16.4 Å². The van der Waals surface area contributed by atoms with Crippen LogP contribution in [0.25, 0.3) is 17.2 Å². The Bertz CT molecular complexity index is 1800. The molecule has 0 spiro atoms. The van der Waals surface area contributed by atoms with Gasteiger partial charge in [-0.05, 0) is 96.3 Å². The van der Waals surface area contributed by atoms with Gasteiger partial charge in [-0.25, -0.2) is 0 Å². The minimum atomic E-state index is -0.459. The Morgan fingerprint density at radius 3 is 1.89 bits per heavy atom. The molecule has 0 aliphatic heterocycles. The van der Waals surface area contributed by atoms with E-state index in [-0.39, 0.29) is 23.3 Å². The monoisotopic (exact) mass is 611 g/mol. The van der Waals surface area contributed by atoms with Gasteiger partial charge in [-0.1, -0.05) is 78.9 Å². The number of thioether (sulfide) groups is 1. The van der Waals surface area contributed by atoms with Gasteiger partial charge >= 0.3 is 0 Å². The van der Waals surface area contributed by atoms with Crippen molar-refractivity contribution in [3.05, 3.63) is 155 Å². The number of carbonyl (C=O) groups excluding carboxylic acids is 3. The molecule has 224 valence electrons. The Morgan fingerprint density at radius 2 is 1.24 bits per heavy atom.